The molecule has 106 valence electrons. The molecule has 0 fully saturated rings. The van der Waals surface area contributed by atoms with Crippen LogP contribution in [0.2, 0.25) is 0 Å². The summed E-state index contributed by atoms with van der Waals surface area (Å²) in [6.45, 7) is 0.275. The van der Waals surface area contributed by atoms with E-state index in [1.54, 1.807) is 6.07 Å². The van der Waals surface area contributed by atoms with Crippen molar-refractivity contribution in [3.63, 3.8) is 0 Å². The zero-order valence-electron chi connectivity index (χ0n) is 10.8. The van der Waals surface area contributed by atoms with Gasteiger partial charge in [0.2, 0.25) is 0 Å². The predicted molar refractivity (Wildman–Crippen MR) is 71.3 cm³/mol. The van der Waals surface area contributed by atoms with Crippen molar-refractivity contribution in [2.45, 2.75) is 25.0 Å². The Labute approximate surface area is 113 Å². The van der Waals surface area contributed by atoms with Crippen molar-refractivity contribution < 1.29 is 23.0 Å². The summed E-state index contributed by atoms with van der Waals surface area (Å²) < 4.78 is 33.2. The number of rotatable bonds is 5. The Kier molecular flexibility index (Phi) is 4.31. The van der Waals surface area contributed by atoms with Gasteiger partial charge in [-0.25, -0.2) is 8.42 Å². The highest BCUT2D eigenvalue weighted by Crippen LogP contribution is 2.32. The van der Waals surface area contributed by atoms with E-state index in [9.17, 15) is 13.5 Å². The van der Waals surface area contributed by atoms with Crippen LogP contribution in [0.4, 0.5) is 0 Å². The van der Waals surface area contributed by atoms with Crippen molar-refractivity contribution in [1.82, 2.24) is 0 Å². The fraction of sp³-hybridized carbons (Fsp3) is 0.538. The lowest BCUT2D eigenvalue weighted by molar-refractivity contribution is -0.0137. The lowest BCUT2D eigenvalue weighted by Gasteiger charge is -2.29. The second-order valence-electron chi connectivity index (χ2n) is 4.75. The van der Waals surface area contributed by atoms with Crippen LogP contribution in [-0.2, 0) is 9.84 Å². The maximum atomic E-state index is 11.0. The molecule has 19 heavy (non-hydrogen) atoms. The van der Waals surface area contributed by atoms with E-state index in [1.165, 1.54) is 6.26 Å². The SMILES string of the molecule is CS(=O)(=O)CCCC(O)C1COc2ccccc2O1. The summed E-state index contributed by atoms with van der Waals surface area (Å²) in [6.07, 6.45) is 0.810. The molecule has 0 saturated heterocycles. The molecule has 0 amide bonds. The molecule has 2 unspecified atom stereocenters. The quantitative estimate of drug-likeness (QED) is 0.874. The molecule has 0 spiro atoms. The minimum absolute atomic E-state index is 0.0776. The molecule has 1 aromatic rings. The van der Waals surface area contributed by atoms with E-state index in [4.69, 9.17) is 9.47 Å². The highest BCUT2D eigenvalue weighted by Gasteiger charge is 2.27. The van der Waals surface area contributed by atoms with E-state index in [0.717, 1.165) is 0 Å². The Hall–Kier alpha value is -1.27. The molecule has 1 N–H and O–H groups in total. The highest BCUT2D eigenvalue weighted by atomic mass is 32.2. The van der Waals surface area contributed by atoms with Crippen LogP contribution in [0.1, 0.15) is 12.8 Å². The normalized spacial score (nSPS) is 20.0. The van der Waals surface area contributed by atoms with Crippen molar-refractivity contribution in [2.75, 3.05) is 18.6 Å². The van der Waals surface area contributed by atoms with Gasteiger partial charge in [0.25, 0.3) is 0 Å². The van der Waals surface area contributed by atoms with E-state index >= 15 is 0 Å². The summed E-state index contributed by atoms with van der Waals surface area (Å²) in [7, 11) is -2.98. The average Bonchev–Trinajstić information content (AvgIpc) is 2.36. The van der Waals surface area contributed by atoms with Crippen molar-refractivity contribution in [2.24, 2.45) is 0 Å². The number of hydrogen-bond donors (Lipinski definition) is 1. The molecular formula is C13H18O5S. The fourth-order valence-corrected chi connectivity index (χ4v) is 2.66. The van der Waals surface area contributed by atoms with E-state index in [1.807, 2.05) is 18.2 Å². The van der Waals surface area contributed by atoms with Crippen LogP contribution in [0.25, 0.3) is 0 Å². The lowest BCUT2D eigenvalue weighted by Crippen LogP contribution is -2.39. The van der Waals surface area contributed by atoms with Gasteiger partial charge in [-0.15, -0.1) is 0 Å². The topological polar surface area (TPSA) is 72.8 Å². The van der Waals surface area contributed by atoms with Crippen LogP contribution in [0.3, 0.4) is 0 Å². The van der Waals surface area contributed by atoms with Gasteiger partial charge >= 0.3 is 0 Å². The summed E-state index contributed by atoms with van der Waals surface area (Å²) in [5.74, 6) is 1.36. The molecule has 0 radical (unpaired) electrons. The van der Waals surface area contributed by atoms with Gasteiger partial charge in [-0.05, 0) is 25.0 Å². The molecule has 1 aliphatic heterocycles. The molecule has 1 heterocycles. The number of fused-ring (bicyclic) bond motifs is 1. The zero-order chi connectivity index (χ0) is 13.9. The van der Waals surface area contributed by atoms with E-state index in [2.05, 4.69) is 0 Å². The van der Waals surface area contributed by atoms with E-state index in [0.29, 0.717) is 24.3 Å². The Morgan fingerprint density at radius 3 is 2.74 bits per heavy atom. The van der Waals surface area contributed by atoms with Crippen LogP contribution >= 0.6 is 0 Å². The van der Waals surface area contributed by atoms with Gasteiger partial charge in [0.1, 0.15) is 16.4 Å². The fourth-order valence-electron chi connectivity index (χ4n) is 1.97. The van der Waals surface area contributed by atoms with E-state index in [-0.39, 0.29) is 12.4 Å². The van der Waals surface area contributed by atoms with Crippen LogP contribution < -0.4 is 9.47 Å². The summed E-state index contributed by atoms with van der Waals surface area (Å²) in [5, 5.41) is 10.00. The third-order valence-corrected chi connectivity index (χ3v) is 4.01. The zero-order valence-corrected chi connectivity index (χ0v) is 11.6. The van der Waals surface area contributed by atoms with Crippen LogP contribution in [-0.4, -0.2) is 44.3 Å². The minimum atomic E-state index is -2.98. The Balaban J connectivity index is 1.87. The Bertz CT molecular complexity index is 526. The minimum Gasteiger partial charge on any atom is -0.486 e. The molecule has 2 rings (SSSR count). The van der Waals surface area contributed by atoms with Gasteiger partial charge in [-0.2, -0.15) is 0 Å². The van der Waals surface area contributed by atoms with Gasteiger partial charge in [-0.3, -0.25) is 0 Å². The monoisotopic (exact) mass is 286 g/mol. The second-order valence-corrected chi connectivity index (χ2v) is 7.01. The summed E-state index contributed by atoms with van der Waals surface area (Å²) in [6, 6.07) is 7.28. The lowest BCUT2D eigenvalue weighted by atomic mass is 10.1. The molecule has 1 aliphatic rings. The molecule has 6 heteroatoms. The van der Waals surface area contributed by atoms with Gasteiger partial charge in [0, 0.05) is 12.0 Å². The number of hydrogen-bond acceptors (Lipinski definition) is 5. The molecule has 5 nitrogen and oxygen atoms in total. The maximum absolute atomic E-state index is 11.0. The molecule has 2 atom stereocenters. The third-order valence-electron chi connectivity index (χ3n) is 2.97. The number of ether oxygens (including phenoxy) is 2. The largest absolute Gasteiger partial charge is 0.486 e. The van der Waals surface area contributed by atoms with Crippen LogP contribution in [0, 0.1) is 0 Å². The van der Waals surface area contributed by atoms with Gasteiger partial charge in [-0.1, -0.05) is 12.1 Å². The first-order valence-corrected chi connectivity index (χ1v) is 8.26. The smallest absolute Gasteiger partial charge is 0.161 e. The molecule has 1 aromatic carbocycles. The first-order valence-electron chi connectivity index (χ1n) is 6.20. The van der Waals surface area contributed by atoms with Crippen molar-refractivity contribution in [1.29, 1.82) is 0 Å². The number of aliphatic hydroxyl groups is 1. The van der Waals surface area contributed by atoms with Crippen molar-refractivity contribution in [3.05, 3.63) is 24.3 Å². The summed E-state index contributed by atoms with van der Waals surface area (Å²) in [5.41, 5.74) is 0. The van der Waals surface area contributed by atoms with Crippen LogP contribution in [0.5, 0.6) is 11.5 Å². The van der Waals surface area contributed by atoms with Gasteiger partial charge in [0.15, 0.2) is 17.6 Å². The molecule has 0 bridgehead atoms. The second kappa shape index (κ2) is 5.79. The molecule has 0 aromatic heterocycles. The first kappa shape index (κ1) is 14.1. The highest BCUT2D eigenvalue weighted by molar-refractivity contribution is 7.90. The standard InChI is InChI=1S/C13H18O5S/c1-19(15,16)8-4-5-10(14)13-9-17-11-6-2-3-7-12(11)18-13/h2-3,6-7,10,13-14H,4-5,8-9H2,1H3. The summed E-state index contributed by atoms with van der Waals surface area (Å²) >= 11 is 0. The van der Waals surface area contributed by atoms with E-state index < -0.39 is 22.0 Å². The number of sulfone groups is 1. The number of aliphatic hydroxyl groups excluding tert-OH is 1. The van der Waals surface area contributed by atoms with Crippen LogP contribution in [0.15, 0.2) is 24.3 Å². The maximum Gasteiger partial charge on any atom is 0.161 e. The predicted octanol–water partition coefficient (Wildman–Crippen LogP) is 1.01. The first-order chi connectivity index (χ1) is 8.96. The molecule has 0 saturated carbocycles. The third kappa shape index (κ3) is 4.11. The van der Waals surface area contributed by atoms with Gasteiger partial charge in [0.05, 0.1) is 6.10 Å². The number of para-hydroxylation sites is 2. The Morgan fingerprint density at radius 1 is 1.37 bits per heavy atom. The van der Waals surface area contributed by atoms with Gasteiger partial charge < -0.3 is 14.6 Å². The molecular weight excluding hydrogens is 268 g/mol. The number of benzene rings is 1. The average molecular weight is 286 g/mol. The summed E-state index contributed by atoms with van der Waals surface area (Å²) in [4.78, 5) is 0. The Morgan fingerprint density at radius 2 is 2.05 bits per heavy atom. The van der Waals surface area contributed by atoms with Crippen molar-refractivity contribution in [3.8, 4) is 11.5 Å². The molecule has 0 aliphatic carbocycles. The van der Waals surface area contributed by atoms with Crippen molar-refractivity contribution >= 4 is 9.84 Å².